The van der Waals surface area contributed by atoms with Crippen molar-refractivity contribution in [2.45, 2.75) is 65.7 Å². The van der Waals surface area contributed by atoms with Gasteiger partial charge >= 0.3 is 60.4 Å². The number of hydrogen-bond donors (Lipinski definition) is 2. The van der Waals surface area contributed by atoms with Crippen LogP contribution in [0.2, 0.25) is 0 Å². The van der Waals surface area contributed by atoms with Crippen molar-refractivity contribution in [1.82, 2.24) is 0 Å². The summed E-state index contributed by atoms with van der Waals surface area (Å²) in [5.74, 6) is -1.19. The van der Waals surface area contributed by atoms with Gasteiger partial charge in [-0.2, -0.15) is 5.92 Å². The van der Waals surface area contributed by atoms with Crippen LogP contribution in [0.3, 0.4) is 0 Å². The van der Waals surface area contributed by atoms with E-state index in [0.29, 0.717) is 5.92 Å². The molecule has 6 heteroatoms. The van der Waals surface area contributed by atoms with Crippen LogP contribution in [0.4, 0.5) is 0 Å². The molecule has 21 heavy (non-hydrogen) atoms. The van der Waals surface area contributed by atoms with E-state index in [4.69, 9.17) is 10.2 Å². The van der Waals surface area contributed by atoms with Gasteiger partial charge in [0.2, 0.25) is 0 Å². The van der Waals surface area contributed by atoms with E-state index in [1.54, 1.807) is 0 Å². The summed E-state index contributed by atoms with van der Waals surface area (Å²) in [5.41, 5.74) is 0. The Morgan fingerprint density at radius 2 is 1.48 bits per heavy atom. The maximum absolute atomic E-state index is 9.43. The zero-order valence-electron chi connectivity index (χ0n) is 15.5. The molecule has 2 N–H and O–H groups in total. The van der Waals surface area contributed by atoms with Crippen molar-refractivity contribution in [3.8, 4) is 0 Å². The van der Waals surface area contributed by atoms with Crippen LogP contribution >= 0.6 is 0 Å². The van der Waals surface area contributed by atoms with Gasteiger partial charge in [-0.3, -0.25) is 9.59 Å². The van der Waals surface area contributed by atoms with E-state index < -0.39 is 18.4 Å². The summed E-state index contributed by atoms with van der Waals surface area (Å²) in [6.07, 6.45) is 7.48. The van der Waals surface area contributed by atoms with Gasteiger partial charge in [0, 0.05) is 0 Å². The Bertz CT molecular complexity index is 242. The fraction of sp³-hybridized carbons (Fsp3) is 0.800. The van der Waals surface area contributed by atoms with Crippen LogP contribution in [-0.4, -0.2) is 22.2 Å². The molecule has 0 aromatic carbocycles. The maximum atomic E-state index is 9.43. The van der Waals surface area contributed by atoms with Crippen molar-refractivity contribution in [3.05, 3.63) is 6.92 Å². The van der Waals surface area contributed by atoms with Crippen LogP contribution < -0.4 is 48.4 Å². The number of unbranched alkanes of at least 4 members (excludes halogenated alkanes) is 4. The van der Waals surface area contributed by atoms with Crippen LogP contribution in [-0.2, 0) is 9.59 Å². The van der Waals surface area contributed by atoms with E-state index in [0.717, 1.165) is 5.92 Å². The third-order valence-corrected chi connectivity index (χ3v) is 2.92. The van der Waals surface area contributed by atoms with Crippen molar-refractivity contribution in [2.24, 2.45) is 11.8 Å². The SMILES string of the molecule is O=C(O)CC(=O)O.[CH2-]C(CCCCCCC)C(C)C.[H-].[Li+].[Na+]. The third-order valence-electron chi connectivity index (χ3n) is 2.92. The van der Waals surface area contributed by atoms with Gasteiger partial charge in [-0.15, -0.1) is 0 Å². The summed E-state index contributed by atoms with van der Waals surface area (Å²) in [4.78, 5) is 18.9. The summed E-state index contributed by atoms with van der Waals surface area (Å²) in [7, 11) is 0. The number of carboxylic acid groups (broad SMARTS) is 2. The summed E-state index contributed by atoms with van der Waals surface area (Å²) >= 11 is 0. The molecule has 1 atom stereocenters. The standard InChI is InChI=1S/C12H25.C3H4O4.Li.Na.H/c1-5-6-7-8-9-10-12(4)11(2)3;4-2(5)1-3(6)7;;;/h11-12H,4-10H2,1-3H3;1H2,(H,4,5)(H,6,7);;;/q-1;;2*+1;-1. The molecule has 0 heterocycles. The molecule has 0 aliphatic rings. The molecule has 116 valence electrons. The zero-order chi connectivity index (χ0) is 15.3. The molecule has 4 nitrogen and oxygen atoms in total. The number of aliphatic carboxylic acids is 2. The Hall–Kier alpha value is 0.537. The van der Waals surface area contributed by atoms with E-state index >= 15 is 0 Å². The van der Waals surface area contributed by atoms with Crippen LogP contribution in [0, 0.1) is 18.8 Å². The Balaban J connectivity index is -0.0000000850. The van der Waals surface area contributed by atoms with Crippen molar-refractivity contribution in [3.63, 3.8) is 0 Å². The van der Waals surface area contributed by atoms with Crippen molar-refractivity contribution >= 4 is 11.9 Å². The van der Waals surface area contributed by atoms with Gasteiger partial charge < -0.3 is 18.6 Å². The largest absolute Gasteiger partial charge is 1.00 e. The smallest absolute Gasteiger partial charge is 1.00 e. The van der Waals surface area contributed by atoms with Gasteiger partial charge in [0.1, 0.15) is 6.42 Å². The molecule has 0 fully saturated rings. The van der Waals surface area contributed by atoms with E-state index in [1.165, 1.54) is 38.5 Å². The number of carboxylic acids is 2. The van der Waals surface area contributed by atoms with Crippen molar-refractivity contribution < 1.29 is 69.6 Å². The predicted molar refractivity (Wildman–Crippen MR) is 78.1 cm³/mol. The summed E-state index contributed by atoms with van der Waals surface area (Å²) in [6, 6.07) is 0. The molecule has 0 amide bonds. The molecular formula is C15H30LiNaO4. The monoisotopic (exact) mass is 304 g/mol. The molecule has 0 spiro atoms. The Labute approximate surface area is 165 Å². The fourth-order valence-electron chi connectivity index (χ4n) is 1.47. The average Bonchev–Trinajstić information content (AvgIpc) is 2.27. The topological polar surface area (TPSA) is 74.6 Å². The molecule has 0 bridgehead atoms. The second-order valence-corrected chi connectivity index (χ2v) is 5.17. The summed E-state index contributed by atoms with van der Waals surface area (Å²) in [5, 5.41) is 15.4. The number of rotatable bonds is 9. The van der Waals surface area contributed by atoms with E-state index in [9.17, 15) is 9.59 Å². The van der Waals surface area contributed by atoms with Crippen LogP contribution in [0.5, 0.6) is 0 Å². The van der Waals surface area contributed by atoms with Gasteiger partial charge in [-0.25, -0.2) is 0 Å². The molecule has 0 saturated carbocycles. The quantitative estimate of drug-likeness (QED) is 0.226. The summed E-state index contributed by atoms with van der Waals surface area (Å²) < 4.78 is 0. The molecular weight excluding hydrogens is 274 g/mol. The maximum Gasteiger partial charge on any atom is 1.00 e. The van der Waals surface area contributed by atoms with Crippen molar-refractivity contribution in [2.75, 3.05) is 0 Å². The van der Waals surface area contributed by atoms with Crippen molar-refractivity contribution in [1.29, 1.82) is 0 Å². The molecule has 0 rings (SSSR count). The molecule has 0 aromatic rings. The predicted octanol–water partition coefficient (Wildman–Crippen LogP) is -1.88. The summed E-state index contributed by atoms with van der Waals surface area (Å²) in [6.45, 7) is 11.0. The minimum absolute atomic E-state index is 0. The first-order valence-electron chi connectivity index (χ1n) is 7.07. The molecule has 0 aliphatic heterocycles. The first kappa shape index (κ1) is 29.5. The normalized spacial score (nSPS) is 10.5. The Morgan fingerprint density at radius 3 is 1.76 bits per heavy atom. The molecule has 0 saturated heterocycles. The molecule has 0 radical (unpaired) electrons. The van der Waals surface area contributed by atoms with Gasteiger partial charge in [0.05, 0.1) is 0 Å². The minimum Gasteiger partial charge on any atom is -1.00 e. The zero-order valence-corrected chi connectivity index (χ0v) is 16.5. The van der Waals surface area contributed by atoms with E-state index in [2.05, 4.69) is 27.7 Å². The van der Waals surface area contributed by atoms with Gasteiger partial charge in [-0.1, -0.05) is 65.2 Å². The Morgan fingerprint density at radius 1 is 1.05 bits per heavy atom. The molecule has 0 aliphatic carbocycles. The number of hydrogen-bond acceptors (Lipinski definition) is 2. The van der Waals surface area contributed by atoms with E-state index in [1.807, 2.05) is 0 Å². The first-order valence-corrected chi connectivity index (χ1v) is 7.07. The van der Waals surface area contributed by atoms with Crippen LogP contribution in [0.1, 0.15) is 67.1 Å². The fourth-order valence-corrected chi connectivity index (χ4v) is 1.47. The Kier molecular flexibility index (Phi) is 28.9. The van der Waals surface area contributed by atoms with E-state index in [-0.39, 0.29) is 49.8 Å². The molecule has 0 aromatic heterocycles. The van der Waals surface area contributed by atoms with Crippen LogP contribution in [0.15, 0.2) is 0 Å². The molecule has 1 unspecified atom stereocenters. The number of carbonyl (C=O) groups is 2. The van der Waals surface area contributed by atoms with Crippen LogP contribution in [0.25, 0.3) is 0 Å². The second-order valence-electron chi connectivity index (χ2n) is 5.17. The van der Waals surface area contributed by atoms with Gasteiger partial charge in [0.25, 0.3) is 0 Å². The van der Waals surface area contributed by atoms with Gasteiger partial charge in [-0.05, 0) is 0 Å². The second kappa shape index (κ2) is 20.5. The first-order chi connectivity index (χ1) is 8.81. The third kappa shape index (κ3) is 29.2. The minimum atomic E-state index is -1.31. The average molecular weight is 304 g/mol. The van der Waals surface area contributed by atoms with Gasteiger partial charge in [0.15, 0.2) is 0 Å².